The monoisotopic (exact) mass is 265 g/mol. The molecule has 0 amide bonds. The molecule has 2 rings (SSSR count). The first-order valence-electron chi connectivity index (χ1n) is 6.54. The minimum Gasteiger partial charge on any atom is -0.354 e. The van der Waals surface area contributed by atoms with Gasteiger partial charge in [-0.1, -0.05) is 0 Å². The van der Waals surface area contributed by atoms with E-state index in [1.807, 2.05) is 0 Å². The maximum absolute atomic E-state index is 10.5. The van der Waals surface area contributed by atoms with E-state index in [0.29, 0.717) is 5.95 Å². The Balaban J connectivity index is 1.72. The van der Waals surface area contributed by atoms with Crippen LogP contribution in [0, 0.1) is 16.0 Å². The van der Waals surface area contributed by atoms with E-state index >= 15 is 0 Å². The molecular weight excluding hydrogens is 246 g/mol. The van der Waals surface area contributed by atoms with Crippen LogP contribution in [0.4, 0.5) is 11.6 Å². The van der Waals surface area contributed by atoms with Crippen molar-refractivity contribution in [3.05, 3.63) is 22.5 Å². The van der Waals surface area contributed by atoms with Gasteiger partial charge in [-0.25, -0.2) is 9.97 Å². The Kier molecular flexibility index (Phi) is 4.62. The van der Waals surface area contributed by atoms with Crippen LogP contribution in [-0.2, 0) is 0 Å². The predicted molar refractivity (Wildman–Crippen MR) is 72.0 cm³/mol. The van der Waals surface area contributed by atoms with Crippen molar-refractivity contribution in [1.29, 1.82) is 0 Å². The molecule has 7 nitrogen and oxygen atoms in total. The lowest BCUT2D eigenvalue weighted by Crippen LogP contribution is -2.30. The Hall–Kier alpha value is -1.76. The number of rotatable bonds is 5. The zero-order chi connectivity index (χ0) is 13.7. The highest BCUT2D eigenvalue weighted by Gasteiger charge is 2.16. The minimum absolute atomic E-state index is 0.0825. The summed E-state index contributed by atoms with van der Waals surface area (Å²) in [6, 6.07) is 0. The summed E-state index contributed by atoms with van der Waals surface area (Å²) < 4.78 is 0. The Morgan fingerprint density at radius 2 is 2.05 bits per heavy atom. The highest BCUT2D eigenvalue weighted by atomic mass is 16.6. The molecule has 0 radical (unpaired) electrons. The number of likely N-dealkylation sites (tertiary alicyclic amines) is 1. The van der Waals surface area contributed by atoms with E-state index in [4.69, 9.17) is 0 Å². The first-order valence-corrected chi connectivity index (χ1v) is 6.54. The number of nitrogens with one attached hydrogen (secondary N) is 1. The Morgan fingerprint density at radius 3 is 2.63 bits per heavy atom. The van der Waals surface area contributed by atoms with Crippen molar-refractivity contribution in [3.63, 3.8) is 0 Å². The third-order valence-electron chi connectivity index (χ3n) is 3.52. The molecule has 1 N–H and O–H groups in total. The summed E-state index contributed by atoms with van der Waals surface area (Å²) in [5.41, 5.74) is -0.0825. The van der Waals surface area contributed by atoms with E-state index in [2.05, 4.69) is 27.2 Å². The normalized spacial score (nSPS) is 17.3. The molecule has 2 heterocycles. The van der Waals surface area contributed by atoms with Crippen molar-refractivity contribution >= 4 is 11.6 Å². The summed E-state index contributed by atoms with van der Waals surface area (Å²) in [6.07, 6.45) is 6.02. The van der Waals surface area contributed by atoms with Crippen LogP contribution in [0.1, 0.15) is 19.3 Å². The number of piperidine rings is 1. The van der Waals surface area contributed by atoms with Gasteiger partial charge in [0.2, 0.25) is 5.95 Å². The molecule has 1 aliphatic heterocycles. The van der Waals surface area contributed by atoms with Crippen molar-refractivity contribution in [2.45, 2.75) is 19.3 Å². The number of aromatic nitrogens is 2. The first kappa shape index (κ1) is 13.7. The second-order valence-electron chi connectivity index (χ2n) is 4.98. The number of hydrogen-bond donors (Lipinski definition) is 1. The van der Waals surface area contributed by atoms with E-state index in [1.165, 1.54) is 38.3 Å². The molecule has 19 heavy (non-hydrogen) atoms. The van der Waals surface area contributed by atoms with Gasteiger partial charge in [-0.05, 0) is 45.3 Å². The standard InChI is InChI=1S/C12H19N5O2/c1-16-6-3-10(4-7-16)2-5-13-12-14-8-11(9-15-12)17(18)19/h8-10H,2-7H2,1H3,(H,13,14,15). The topological polar surface area (TPSA) is 84.2 Å². The lowest BCUT2D eigenvalue weighted by Gasteiger charge is -2.28. The SMILES string of the molecule is CN1CCC(CCNc2ncc([N+](=O)[O-])cn2)CC1. The lowest BCUT2D eigenvalue weighted by atomic mass is 9.94. The zero-order valence-corrected chi connectivity index (χ0v) is 11.1. The maximum atomic E-state index is 10.5. The van der Waals surface area contributed by atoms with Crippen molar-refractivity contribution in [2.75, 3.05) is 32.0 Å². The smallest absolute Gasteiger partial charge is 0.305 e. The van der Waals surface area contributed by atoms with Crippen molar-refractivity contribution in [2.24, 2.45) is 5.92 Å². The molecule has 1 saturated heterocycles. The second kappa shape index (κ2) is 6.42. The molecule has 0 spiro atoms. The van der Waals surface area contributed by atoms with Gasteiger partial charge in [-0.3, -0.25) is 10.1 Å². The zero-order valence-electron chi connectivity index (χ0n) is 11.1. The van der Waals surface area contributed by atoms with Gasteiger partial charge in [-0.15, -0.1) is 0 Å². The van der Waals surface area contributed by atoms with Gasteiger partial charge in [0.15, 0.2) is 0 Å². The predicted octanol–water partition coefficient (Wildman–Crippen LogP) is 1.53. The molecule has 0 atom stereocenters. The molecule has 0 bridgehead atoms. The highest BCUT2D eigenvalue weighted by Crippen LogP contribution is 2.19. The van der Waals surface area contributed by atoms with Crippen molar-refractivity contribution in [1.82, 2.24) is 14.9 Å². The summed E-state index contributed by atoms with van der Waals surface area (Å²) >= 11 is 0. The quantitative estimate of drug-likeness (QED) is 0.642. The molecular formula is C12H19N5O2. The fraction of sp³-hybridized carbons (Fsp3) is 0.667. The molecule has 7 heteroatoms. The van der Waals surface area contributed by atoms with Crippen LogP contribution in [-0.4, -0.2) is 46.5 Å². The summed E-state index contributed by atoms with van der Waals surface area (Å²) in [5, 5.41) is 13.6. The fourth-order valence-corrected chi connectivity index (χ4v) is 2.25. The third-order valence-corrected chi connectivity index (χ3v) is 3.52. The highest BCUT2D eigenvalue weighted by molar-refractivity contribution is 5.30. The first-order chi connectivity index (χ1) is 9.15. The third kappa shape index (κ3) is 4.13. The molecule has 1 aromatic rings. The average Bonchev–Trinajstić information content (AvgIpc) is 2.41. The number of hydrogen-bond acceptors (Lipinski definition) is 6. The van der Waals surface area contributed by atoms with Gasteiger partial charge in [0.1, 0.15) is 12.4 Å². The van der Waals surface area contributed by atoms with Gasteiger partial charge >= 0.3 is 5.69 Å². The lowest BCUT2D eigenvalue weighted by molar-refractivity contribution is -0.385. The summed E-state index contributed by atoms with van der Waals surface area (Å²) in [7, 11) is 2.15. The molecule has 1 aliphatic rings. The maximum Gasteiger partial charge on any atom is 0.305 e. The van der Waals surface area contributed by atoms with Gasteiger partial charge in [0.05, 0.1) is 4.92 Å². The van der Waals surface area contributed by atoms with Crippen LogP contribution in [0.25, 0.3) is 0 Å². The summed E-state index contributed by atoms with van der Waals surface area (Å²) in [6.45, 7) is 3.14. The van der Waals surface area contributed by atoms with Crippen LogP contribution in [0.2, 0.25) is 0 Å². The van der Waals surface area contributed by atoms with Crippen LogP contribution >= 0.6 is 0 Å². The van der Waals surface area contributed by atoms with E-state index in [9.17, 15) is 10.1 Å². The Labute approximate surface area is 112 Å². The molecule has 0 aliphatic carbocycles. The van der Waals surface area contributed by atoms with Crippen LogP contribution in [0.3, 0.4) is 0 Å². The van der Waals surface area contributed by atoms with Crippen molar-refractivity contribution in [3.8, 4) is 0 Å². The molecule has 0 unspecified atom stereocenters. The van der Waals surface area contributed by atoms with Gasteiger partial charge in [0.25, 0.3) is 0 Å². The average molecular weight is 265 g/mol. The van der Waals surface area contributed by atoms with Gasteiger partial charge in [0, 0.05) is 6.54 Å². The van der Waals surface area contributed by atoms with E-state index in [1.54, 1.807) is 0 Å². The molecule has 104 valence electrons. The van der Waals surface area contributed by atoms with Crippen LogP contribution in [0.5, 0.6) is 0 Å². The minimum atomic E-state index is -0.498. The Bertz CT molecular complexity index is 415. The molecule has 0 saturated carbocycles. The molecule has 0 aromatic carbocycles. The number of nitro groups is 1. The van der Waals surface area contributed by atoms with E-state index in [0.717, 1.165) is 18.9 Å². The molecule has 1 aromatic heterocycles. The van der Waals surface area contributed by atoms with Gasteiger partial charge < -0.3 is 10.2 Å². The van der Waals surface area contributed by atoms with Gasteiger partial charge in [-0.2, -0.15) is 0 Å². The van der Waals surface area contributed by atoms with E-state index < -0.39 is 4.92 Å². The van der Waals surface area contributed by atoms with Crippen LogP contribution < -0.4 is 5.32 Å². The Morgan fingerprint density at radius 1 is 1.42 bits per heavy atom. The summed E-state index contributed by atoms with van der Waals surface area (Å²) in [5.74, 6) is 1.21. The van der Waals surface area contributed by atoms with Crippen LogP contribution in [0.15, 0.2) is 12.4 Å². The number of nitrogens with zero attached hydrogens (tertiary/aromatic N) is 4. The summed E-state index contributed by atoms with van der Waals surface area (Å²) in [4.78, 5) is 20.2. The van der Waals surface area contributed by atoms with Crippen molar-refractivity contribution < 1.29 is 4.92 Å². The second-order valence-corrected chi connectivity index (χ2v) is 4.98. The molecule has 1 fully saturated rings. The largest absolute Gasteiger partial charge is 0.354 e. The fourth-order valence-electron chi connectivity index (χ4n) is 2.25. The van der Waals surface area contributed by atoms with E-state index in [-0.39, 0.29) is 5.69 Å². The number of anilines is 1.